The monoisotopic (exact) mass is 744 g/mol. The molecule has 3 saturated heterocycles. The van der Waals surface area contributed by atoms with Crippen molar-refractivity contribution in [3.63, 3.8) is 0 Å². The molecule has 3 rings (SSSR count). The molecule has 0 radical (unpaired) electrons. The maximum atomic E-state index is 12.5. The number of hydrogen-bond acceptors (Lipinski definition) is 21. The average molecular weight is 744 g/mol. The van der Waals surface area contributed by atoms with Gasteiger partial charge >= 0.3 is 23.5 Å². The third-order valence-corrected chi connectivity index (χ3v) is 10.6. The Morgan fingerprint density at radius 3 is 1.48 bits per heavy atom. The molecule has 272 valence electrons. The van der Waals surface area contributed by atoms with Crippen molar-refractivity contribution in [3.05, 3.63) is 0 Å². The van der Waals surface area contributed by atoms with Gasteiger partial charge < -0.3 is 94.3 Å². The SMILES string of the molecule is O=P(O)(O)OP(=O)(O)OP(=O)(O)O[C@H]1[C@@H](O[C@H]2[C@H](O)[C@@H](O)[C@@H](O[C@H]3[C@H](O)[C@@H](O)[C@@H](O)O[C@@H]3CO)O[C@@H]2CO)O[C@H](CO)[C@@H](O)[C@@H]1O. The zero-order valence-corrected chi connectivity index (χ0v) is 25.6. The van der Waals surface area contributed by atoms with Crippen molar-refractivity contribution >= 4 is 23.5 Å². The highest BCUT2D eigenvalue weighted by Gasteiger charge is 2.55. The lowest BCUT2D eigenvalue weighted by atomic mass is 9.96. The van der Waals surface area contributed by atoms with Crippen LogP contribution in [-0.2, 0) is 50.5 Å². The fraction of sp³-hybridized carbons (Fsp3) is 1.00. The van der Waals surface area contributed by atoms with Crippen molar-refractivity contribution in [2.45, 2.75) is 92.1 Å². The molecule has 14 N–H and O–H groups in total. The third kappa shape index (κ3) is 9.74. The van der Waals surface area contributed by atoms with Crippen LogP contribution in [0.4, 0.5) is 0 Å². The predicted octanol–water partition coefficient (Wildman–Crippen LogP) is -7.22. The van der Waals surface area contributed by atoms with E-state index in [-0.39, 0.29) is 0 Å². The van der Waals surface area contributed by atoms with Crippen molar-refractivity contribution < 1.29 is 121 Å². The van der Waals surface area contributed by atoms with E-state index in [4.69, 9.17) is 33.5 Å². The van der Waals surface area contributed by atoms with Gasteiger partial charge in [0.05, 0.1) is 19.8 Å². The molecule has 25 nitrogen and oxygen atoms in total. The molecule has 2 unspecified atom stereocenters. The summed E-state index contributed by atoms with van der Waals surface area (Å²) in [5, 5.41) is 101. The molecule has 3 heterocycles. The molecule has 0 aliphatic carbocycles. The Bertz CT molecular complexity index is 1140. The molecule has 0 aromatic carbocycles. The van der Waals surface area contributed by atoms with Crippen LogP contribution in [-0.4, -0.2) is 183 Å². The lowest BCUT2D eigenvalue weighted by Gasteiger charge is -2.48. The normalized spacial score (nSPS) is 45.1. The number of phosphoric ester groups is 1. The van der Waals surface area contributed by atoms with Crippen molar-refractivity contribution in [2.24, 2.45) is 0 Å². The number of hydrogen-bond donors (Lipinski definition) is 14. The molecule has 3 fully saturated rings. The molecule has 3 aliphatic heterocycles. The molecule has 17 atom stereocenters. The highest BCUT2D eigenvalue weighted by Crippen LogP contribution is 2.67. The first-order chi connectivity index (χ1) is 21.1. The van der Waals surface area contributed by atoms with E-state index in [1.54, 1.807) is 0 Å². The van der Waals surface area contributed by atoms with Crippen LogP contribution >= 0.6 is 23.5 Å². The second-order valence-electron chi connectivity index (χ2n) is 10.0. The zero-order chi connectivity index (χ0) is 34.9. The summed E-state index contributed by atoms with van der Waals surface area (Å²) in [6.07, 6.45) is -30.2. The Labute approximate surface area is 257 Å². The summed E-state index contributed by atoms with van der Waals surface area (Å²) in [5.41, 5.74) is 0. The lowest BCUT2D eigenvalue weighted by Crippen LogP contribution is -2.66. The number of aliphatic hydroxyl groups excluding tert-OH is 10. The van der Waals surface area contributed by atoms with Gasteiger partial charge in [-0.25, -0.2) is 13.7 Å². The minimum Gasteiger partial charge on any atom is -0.394 e. The van der Waals surface area contributed by atoms with E-state index in [1.807, 2.05) is 0 Å². The van der Waals surface area contributed by atoms with Crippen molar-refractivity contribution in [1.29, 1.82) is 0 Å². The Hall–Kier alpha value is -0.190. The van der Waals surface area contributed by atoms with Gasteiger partial charge in [0.15, 0.2) is 18.9 Å². The van der Waals surface area contributed by atoms with Gasteiger partial charge in [-0.2, -0.15) is 8.62 Å². The van der Waals surface area contributed by atoms with Gasteiger partial charge in [0.1, 0.15) is 73.2 Å². The highest BCUT2D eigenvalue weighted by molar-refractivity contribution is 7.66. The van der Waals surface area contributed by atoms with E-state index in [0.29, 0.717) is 0 Å². The largest absolute Gasteiger partial charge is 0.490 e. The zero-order valence-electron chi connectivity index (χ0n) is 22.9. The van der Waals surface area contributed by atoms with E-state index in [0.717, 1.165) is 0 Å². The van der Waals surface area contributed by atoms with Gasteiger partial charge in [0.25, 0.3) is 0 Å². The summed E-state index contributed by atoms with van der Waals surface area (Å²) in [4.78, 5) is 36.8. The van der Waals surface area contributed by atoms with E-state index in [9.17, 15) is 74.5 Å². The fourth-order valence-electron chi connectivity index (χ4n) is 4.61. The van der Waals surface area contributed by atoms with E-state index >= 15 is 0 Å². The van der Waals surface area contributed by atoms with Crippen molar-refractivity contribution in [1.82, 2.24) is 0 Å². The lowest BCUT2D eigenvalue weighted by molar-refractivity contribution is -0.376. The maximum Gasteiger partial charge on any atom is 0.490 e. The first-order valence-corrected chi connectivity index (χ1v) is 17.4. The fourth-order valence-corrected chi connectivity index (χ4v) is 7.80. The number of aliphatic hydroxyl groups is 10. The topological polar surface area (TPSA) is 408 Å². The van der Waals surface area contributed by atoms with Crippen molar-refractivity contribution in [3.8, 4) is 0 Å². The minimum absolute atomic E-state index is 0.887. The van der Waals surface area contributed by atoms with Gasteiger partial charge in [-0.1, -0.05) is 0 Å². The molecule has 3 aliphatic rings. The summed E-state index contributed by atoms with van der Waals surface area (Å²) in [7, 11) is -17.9. The van der Waals surface area contributed by atoms with Gasteiger partial charge in [0, 0.05) is 0 Å². The van der Waals surface area contributed by atoms with Crippen LogP contribution in [0.5, 0.6) is 0 Å². The average Bonchev–Trinajstić information content (AvgIpc) is 2.94. The van der Waals surface area contributed by atoms with Gasteiger partial charge in [-0.05, 0) is 0 Å². The van der Waals surface area contributed by atoms with Gasteiger partial charge in [-0.15, -0.1) is 0 Å². The Morgan fingerprint density at radius 2 is 0.957 bits per heavy atom. The Kier molecular flexibility index (Phi) is 13.8. The quantitative estimate of drug-likeness (QED) is 0.0779. The molecule has 0 saturated carbocycles. The van der Waals surface area contributed by atoms with E-state index in [1.165, 1.54) is 0 Å². The molecule has 28 heteroatoms. The van der Waals surface area contributed by atoms with Gasteiger partial charge in [-0.3, -0.25) is 4.52 Å². The van der Waals surface area contributed by atoms with Crippen LogP contribution in [0.2, 0.25) is 0 Å². The number of ether oxygens (including phenoxy) is 5. The Morgan fingerprint density at radius 1 is 0.500 bits per heavy atom. The minimum atomic E-state index is -6.06. The van der Waals surface area contributed by atoms with Crippen LogP contribution in [0.15, 0.2) is 0 Å². The molecule has 0 aromatic rings. The smallest absolute Gasteiger partial charge is 0.394 e. The summed E-state index contributed by atoms with van der Waals surface area (Å²) in [6, 6.07) is 0. The number of phosphoric acid groups is 3. The second kappa shape index (κ2) is 15.8. The van der Waals surface area contributed by atoms with Crippen LogP contribution in [0.1, 0.15) is 0 Å². The second-order valence-corrected chi connectivity index (χ2v) is 14.4. The van der Waals surface area contributed by atoms with Crippen molar-refractivity contribution in [2.75, 3.05) is 19.8 Å². The summed E-state index contributed by atoms with van der Waals surface area (Å²) in [5.74, 6) is 0. The first-order valence-electron chi connectivity index (χ1n) is 12.8. The van der Waals surface area contributed by atoms with Gasteiger partial charge in [0.2, 0.25) is 0 Å². The van der Waals surface area contributed by atoms with Crippen LogP contribution < -0.4 is 0 Å². The molecule has 0 bridgehead atoms. The summed E-state index contributed by atoms with van der Waals surface area (Å²) < 4.78 is 73.1. The number of rotatable bonds is 13. The Balaban J connectivity index is 1.83. The van der Waals surface area contributed by atoms with E-state index in [2.05, 4.69) is 13.1 Å². The first kappa shape index (κ1) is 40.2. The molecule has 0 spiro atoms. The van der Waals surface area contributed by atoms with Crippen LogP contribution in [0, 0.1) is 0 Å². The molecule has 46 heavy (non-hydrogen) atoms. The summed E-state index contributed by atoms with van der Waals surface area (Å²) >= 11 is 0. The molecular formula is C18H35O25P3. The van der Waals surface area contributed by atoms with E-state index < -0.39 is 135 Å². The highest BCUT2D eigenvalue weighted by atomic mass is 31.3. The third-order valence-electron chi connectivity index (χ3n) is 6.74. The van der Waals surface area contributed by atoms with Crippen LogP contribution in [0.25, 0.3) is 0 Å². The van der Waals surface area contributed by atoms with Crippen LogP contribution in [0.3, 0.4) is 0 Å². The molecule has 0 amide bonds. The molecule has 0 aromatic heterocycles. The maximum absolute atomic E-state index is 12.5. The molecular weight excluding hydrogens is 709 g/mol. The predicted molar refractivity (Wildman–Crippen MR) is 134 cm³/mol. The standard InChI is InChI=1S/C18H35O25P3/c19-1-4-7(22)8(23)15(41-45(32,33)43-46(34,35)42-44(29,30)31)18(37-4)40-14-6(3-21)38-17(12(27)10(14)25)39-13-5(2-20)36-16(28)11(26)9(13)24/h4-28H,1-3H2,(H,32,33)(H,34,35)(H2,29,30,31)/t4-,5-,6-,7-,8+,9-,10-,11-,12-,13-,14-,15-,16+,17-,18-/m1/s1. The summed E-state index contributed by atoms with van der Waals surface area (Å²) in [6.45, 7) is -3.02.